The smallest absolute Gasteiger partial charge is 0.406 e. The first-order valence-corrected chi connectivity index (χ1v) is 11.5. The van der Waals surface area contributed by atoms with E-state index in [4.69, 9.17) is 5.10 Å². The summed E-state index contributed by atoms with van der Waals surface area (Å²) in [6, 6.07) is 6.99. The van der Waals surface area contributed by atoms with Crippen LogP contribution < -0.4 is 9.64 Å². The van der Waals surface area contributed by atoms with Crippen molar-refractivity contribution in [2.75, 3.05) is 37.7 Å². The zero-order chi connectivity index (χ0) is 26.5. The lowest BCUT2D eigenvalue weighted by Gasteiger charge is -2.43. The van der Waals surface area contributed by atoms with Gasteiger partial charge >= 0.3 is 6.36 Å². The van der Waals surface area contributed by atoms with Crippen molar-refractivity contribution < 1.29 is 37.3 Å². The summed E-state index contributed by atoms with van der Waals surface area (Å²) >= 11 is 0. The molecule has 2 aliphatic heterocycles. The molecule has 0 saturated carbocycles. The standard InChI is InChI=1S/C24H23F4N5O4/c1-13(25)23(36)32-10-15(11-32)21-20-18(31-8-14(9-31)19(35)12-34)6-7-29-22(20)33(30-21)16-2-4-17(5-3-16)37-24(26,27)28/h2-7,14-15,19,34-35H,1,8-12H2/t19-/m1/s1. The maximum Gasteiger partial charge on any atom is 0.573 e. The number of nitrogens with zero attached hydrogens (tertiary/aromatic N) is 5. The van der Waals surface area contributed by atoms with E-state index in [0.29, 0.717) is 35.5 Å². The van der Waals surface area contributed by atoms with Gasteiger partial charge in [-0.15, -0.1) is 13.2 Å². The SMILES string of the molecule is C=C(F)C(=O)N1CC(c2nn(-c3ccc(OC(F)(F)F)cc3)c3nccc(N4CC([C@H](O)CO)C4)c23)C1. The van der Waals surface area contributed by atoms with Gasteiger partial charge in [0.25, 0.3) is 5.91 Å². The van der Waals surface area contributed by atoms with E-state index < -0.39 is 24.2 Å². The molecule has 2 fully saturated rings. The molecule has 2 aromatic heterocycles. The number of carbonyl (C=O) groups is 1. The number of anilines is 1. The van der Waals surface area contributed by atoms with Gasteiger partial charge in [-0.1, -0.05) is 6.58 Å². The molecule has 196 valence electrons. The molecule has 37 heavy (non-hydrogen) atoms. The lowest BCUT2D eigenvalue weighted by molar-refractivity contribution is -0.274. The summed E-state index contributed by atoms with van der Waals surface area (Å²) in [7, 11) is 0. The summed E-state index contributed by atoms with van der Waals surface area (Å²) in [6.07, 6.45) is -4.07. The first-order chi connectivity index (χ1) is 17.6. The molecule has 0 bridgehead atoms. The number of alkyl halides is 3. The van der Waals surface area contributed by atoms with Gasteiger partial charge in [0.05, 0.1) is 35.2 Å². The van der Waals surface area contributed by atoms with Crippen molar-refractivity contribution in [1.82, 2.24) is 19.7 Å². The highest BCUT2D eigenvalue weighted by molar-refractivity contribution is 5.95. The van der Waals surface area contributed by atoms with Gasteiger partial charge in [0, 0.05) is 44.2 Å². The topological polar surface area (TPSA) is 104 Å². The fourth-order valence-electron chi connectivity index (χ4n) is 4.66. The van der Waals surface area contributed by atoms with Crippen molar-refractivity contribution in [3.63, 3.8) is 0 Å². The number of amides is 1. The van der Waals surface area contributed by atoms with Crippen molar-refractivity contribution >= 4 is 22.6 Å². The summed E-state index contributed by atoms with van der Waals surface area (Å²) in [5.74, 6) is -2.56. The first kappa shape index (κ1) is 25.0. The molecule has 0 aliphatic carbocycles. The number of fused-ring (bicyclic) bond motifs is 1. The van der Waals surface area contributed by atoms with Crippen LogP contribution >= 0.6 is 0 Å². The van der Waals surface area contributed by atoms with E-state index in [2.05, 4.69) is 16.3 Å². The van der Waals surface area contributed by atoms with Gasteiger partial charge in [-0.2, -0.15) is 5.10 Å². The normalized spacial score (nSPS) is 17.5. The van der Waals surface area contributed by atoms with Crippen molar-refractivity contribution in [2.45, 2.75) is 18.4 Å². The minimum atomic E-state index is -4.82. The number of pyridine rings is 1. The van der Waals surface area contributed by atoms with Crippen LogP contribution in [-0.2, 0) is 4.79 Å². The van der Waals surface area contributed by atoms with Gasteiger partial charge in [0.15, 0.2) is 11.5 Å². The Morgan fingerprint density at radius 2 is 1.84 bits per heavy atom. The monoisotopic (exact) mass is 521 g/mol. The Kier molecular flexibility index (Phi) is 6.28. The van der Waals surface area contributed by atoms with Crippen LogP contribution in [0.25, 0.3) is 16.7 Å². The molecule has 1 amide bonds. The molecular weight excluding hydrogens is 498 g/mol. The molecule has 2 aliphatic rings. The van der Waals surface area contributed by atoms with Gasteiger partial charge in [0.2, 0.25) is 0 Å². The Morgan fingerprint density at radius 1 is 1.16 bits per heavy atom. The van der Waals surface area contributed by atoms with E-state index in [9.17, 15) is 32.6 Å². The zero-order valence-corrected chi connectivity index (χ0v) is 19.4. The van der Waals surface area contributed by atoms with Crippen LogP contribution in [0.4, 0.5) is 23.2 Å². The van der Waals surface area contributed by atoms with E-state index in [1.165, 1.54) is 33.8 Å². The molecule has 2 saturated heterocycles. The Morgan fingerprint density at radius 3 is 2.43 bits per heavy atom. The number of ether oxygens (including phenoxy) is 1. The molecule has 0 radical (unpaired) electrons. The van der Waals surface area contributed by atoms with Crippen LogP contribution in [0, 0.1) is 5.92 Å². The van der Waals surface area contributed by atoms with E-state index in [1.54, 1.807) is 12.3 Å². The Hall–Kier alpha value is -3.71. The Labute approximate surface area is 208 Å². The number of hydrogen-bond acceptors (Lipinski definition) is 7. The van der Waals surface area contributed by atoms with Crippen molar-refractivity contribution in [3.8, 4) is 11.4 Å². The van der Waals surface area contributed by atoms with Gasteiger partial charge < -0.3 is 24.7 Å². The van der Waals surface area contributed by atoms with Crippen molar-refractivity contribution in [2.24, 2.45) is 5.92 Å². The molecule has 13 heteroatoms. The molecule has 5 rings (SSSR count). The van der Waals surface area contributed by atoms with Crippen LogP contribution in [0.5, 0.6) is 5.75 Å². The molecule has 3 aromatic rings. The molecular formula is C24H23F4N5O4. The number of benzene rings is 1. The zero-order valence-electron chi connectivity index (χ0n) is 19.4. The molecule has 9 nitrogen and oxygen atoms in total. The highest BCUT2D eigenvalue weighted by Crippen LogP contribution is 2.40. The number of hydrogen-bond donors (Lipinski definition) is 2. The number of aliphatic hydroxyl groups is 2. The second kappa shape index (κ2) is 9.30. The van der Waals surface area contributed by atoms with Gasteiger partial charge in [-0.3, -0.25) is 4.79 Å². The van der Waals surface area contributed by atoms with Gasteiger partial charge in [0.1, 0.15) is 5.75 Å². The average molecular weight is 521 g/mol. The van der Waals surface area contributed by atoms with Crippen LogP contribution in [0.3, 0.4) is 0 Å². The number of halogens is 4. The van der Waals surface area contributed by atoms with Crippen LogP contribution in [-0.4, -0.2) is 81.0 Å². The summed E-state index contributed by atoms with van der Waals surface area (Å²) in [6.45, 7) is 4.12. The summed E-state index contributed by atoms with van der Waals surface area (Å²) in [5.41, 5.74) is 2.28. The van der Waals surface area contributed by atoms with Crippen LogP contribution in [0.2, 0.25) is 0 Å². The summed E-state index contributed by atoms with van der Waals surface area (Å²) in [4.78, 5) is 19.7. The molecule has 1 aromatic carbocycles. The number of likely N-dealkylation sites (tertiary alicyclic amines) is 1. The predicted molar refractivity (Wildman–Crippen MR) is 124 cm³/mol. The Balaban J connectivity index is 1.52. The van der Waals surface area contributed by atoms with E-state index in [1.807, 2.05) is 4.90 Å². The second-order valence-corrected chi connectivity index (χ2v) is 9.09. The van der Waals surface area contributed by atoms with Crippen LogP contribution in [0.15, 0.2) is 48.9 Å². The minimum Gasteiger partial charge on any atom is -0.406 e. The third-order valence-electron chi connectivity index (χ3n) is 6.66. The maximum atomic E-state index is 13.3. The molecule has 0 unspecified atom stereocenters. The predicted octanol–water partition coefficient (Wildman–Crippen LogP) is 2.52. The maximum absolute atomic E-state index is 13.3. The van der Waals surface area contributed by atoms with Crippen molar-refractivity contribution in [3.05, 3.63) is 54.6 Å². The van der Waals surface area contributed by atoms with E-state index >= 15 is 0 Å². The highest BCUT2D eigenvalue weighted by atomic mass is 19.4. The largest absolute Gasteiger partial charge is 0.573 e. The van der Waals surface area contributed by atoms with Crippen molar-refractivity contribution in [1.29, 1.82) is 0 Å². The molecule has 1 atom stereocenters. The van der Waals surface area contributed by atoms with Gasteiger partial charge in [-0.05, 0) is 30.3 Å². The minimum absolute atomic E-state index is 0.111. The lowest BCUT2D eigenvalue weighted by Crippen LogP contribution is -2.53. The number of aromatic nitrogens is 3. The average Bonchev–Trinajstić information content (AvgIpc) is 3.16. The molecule has 0 spiro atoms. The quantitative estimate of drug-likeness (QED) is 0.364. The number of carbonyl (C=O) groups excluding carboxylic acids is 1. The lowest BCUT2D eigenvalue weighted by atomic mass is 9.91. The number of rotatable bonds is 7. The first-order valence-electron chi connectivity index (χ1n) is 11.5. The van der Waals surface area contributed by atoms with E-state index in [0.717, 1.165) is 5.69 Å². The van der Waals surface area contributed by atoms with Crippen LogP contribution in [0.1, 0.15) is 11.6 Å². The Bertz CT molecular complexity index is 1330. The third kappa shape index (κ3) is 4.71. The summed E-state index contributed by atoms with van der Waals surface area (Å²) in [5, 5.41) is 24.6. The fraction of sp³-hybridized carbons (Fsp3) is 0.375. The third-order valence-corrected chi connectivity index (χ3v) is 6.66. The molecule has 2 N–H and O–H groups in total. The fourth-order valence-corrected chi connectivity index (χ4v) is 4.66. The summed E-state index contributed by atoms with van der Waals surface area (Å²) < 4.78 is 56.5. The second-order valence-electron chi connectivity index (χ2n) is 9.09. The molecule has 4 heterocycles. The number of aliphatic hydroxyl groups excluding tert-OH is 2. The van der Waals surface area contributed by atoms with E-state index in [-0.39, 0.29) is 37.3 Å². The highest BCUT2D eigenvalue weighted by Gasteiger charge is 2.39. The van der Waals surface area contributed by atoms with Gasteiger partial charge in [-0.25, -0.2) is 14.1 Å².